The van der Waals surface area contributed by atoms with Crippen LogP contribution in [-0.2, 0) is 0 Å². The van der Waals surface area contributed by atoms with E-state index >= 15 is 0 Å². The number of hydrogen-bond acceptors (Lipinski definition) is 3. The summed E-state index contributed by atoms with van der Waals surface area (Å²) in [5.41, 5.74) is 2.26. The topological polar surface area (TPSA) is 46.1 Å². The minimum absolute atomic E-state index is 0.0224. The molecule has 104 valence electrons. The first-order valence-corrected chi connectivity index (χ1v) is 8.01. The zero-order valence-corrected chi connectivity index (χ0v) is 11.9. The van der Waals surface area contributed by atoms with Crippen LogP contribution < -0.4 is 10.6 Å². The summed E-state index contributed by atoms with van der Waals surface area (Å²) in [5, 5.41) is 10.8. The van der Waals surface area contributed by atoms with Crippen LogP contribution >= 0.6 is 11.3 Å². The standard InChI is InChI=1S/C15H17N3OS/c19-15(17-14-7-12-1-2-13(14)16-12)18-5-3-10(8-18)11-4-6-20-9-11/h3-6,8-9,12-14,16H,1-2,7H2,(H,17,19)/t12-,13+,14-/m1/s1. The predicted octanol–water partition coefficient (Wildman–Crippen LogP) is 2.67. The van der Waals surface area contributed by atoms with Crippen molar-refractivity contribution in [3.05, 3.63) is 35.3 Å². The van der Waals surface area contributed by atoms with E-state index in [-0.39, 0.29) is 12.1 Å². The Labute approximate surface area is 121 Å². The van der Waals surface area contributed by atoms with Gasteiger partial charge in [-0.1, -0.05) is 0 Å². The Hall–Kier alpha value is -1.59. The largest absolute Gasteiger partial charge is 0.333 e. The van der Waals surface area contributed by atoms with Crippen molar-refractivity contribution in [3.63, 3.8) is 0 Å². The number of fused-ring (bicyclic) bond motifs is 2. The number of thiophene rings is 1. The van der Waals surface area contributed by atoms with Crippen LogP contribution in [0.1, 0.15) is 19.3 Å². The SMILES string of the molecule is O=C(N[C@@H]1C[C@H]2CC[C@@H]1N2)n1ccc(-c2ccsc2)c1. The molecule has 0 spiro atoms. The van der Waals surface area contributed by atoms with Crippen LogP contribution in [0.15, 0.2) is 35.3 Å². The zero-order valence-electron chi connectivity index (χ0n) is 11.1. The molecule has 0 aromatic carbocycles. The maximum atomic E-state index is 12.3. The number of amides is 1. The summed E-state index contributed by atoms with van der Waals surface area (Å²) < 4.78 is 1.65. The molecule has 2 aliphatic rings. The first kappa shape index (κ1) is 12.2. The molecule has 4 rings (SSSR count). The Morgan fingerprint density at radius 1 is 1.35 bits per heavy atom. The van der Waals surface area contributed by atoms with Crippen LogP contribution in [0.25, 0.3) is 11.1 Å². The molecule has 4 nitrogen and oxygen atoms in total. The number of carbonyl (C=O) groups excluding carboxylic acids is 1. The molecule has 0 radical (unpaired) electrons. The van der Waals surface area contributed by atoms with Crippen LogP contribution in [-0.4, -0.2) is 28.7 Å². The summed E-state index contributed by atoms with van der Waals surface area (Å²) in [6.45, 7) is 0. The molecule has 2 N–H and O–H groups in total. The number of aromatic nitrogens is 1. The average molecular weight is 287 g/mol. The fraction of sp³-hybridized carbons (Fsp3) is 0.400. The van der Waals surface area contributed by atoms with Crippen LogP contribution in [0.5, 0.6) is 0 Å². The highest BCUT2D eigenvalue weighted by Gasteiger charge is 2.39. The van der Waals surface area contributed by atoms with E-state index in [2.05, 4.69) is 22.1 Å². The zero-order chi connectivity index (χ0) is 13.5. The van der Waals surface area contributed by atoms with Crippen molar-refractivity contribution in [3.8, 4) is 11.1 Å². The monoisotopic (exact) mass is 287 g/mol. The third kappa shape index (κ3) is 2.07. The van der Waals surface area contributed by atoms with Crippen molar-refractivity contribution in [2.45, 2.75) is 37.4 Å². The van der Waals surface area contributed by atoms with E-state index < -0.39 is 0 Å². The van der Waals surface area contributed by atoms with E-state index in [1.807, 2.05) is 23.8 Å². The Balaban J connectivity index is 1.46. The van der Waals surface area contributed by atoms with Crippen molar-refractivity contribution < 1.29 is 4.79 Å². The maximum absolute atomic E-state index is 12.3. The smallest absolute Gasteiger partial charge is 0.325 e. The van der Waals surface area contributed by atoms with Gasteiger partial charge >= 0.3 is 6.03 Å². The normalized spacial score (nSPS) is 27.9. The average Bonchev–Trinajstić information content (AvgIpc) is 3.21. The van der Waals surface area contributed by atoms with E-state index in [1.165, 1.54) is 18.4 Å². The highest BCUT2D eigenvalue weighted by atomic mass is 32.1. The third-order valence-corrected chi connectivity index (χ3v) is 5.07. The highest BCUT2D eigenvalue weighted by Crippen LogP contribution is 2.28. The summed E-state index contributed by atoms with van der Waals surface area (Å²) >= 11 is 1.67. The second-order valence-corrected chi connectivity index (χ2v) is 6.44. The lowest BCUT2D eigenvalue weighted by molar-refractivity contribution is 0.236. The molecule has 2 aromatic heterocycles. The molecule has 2 bridgehead atoms. The molecule has 4 heterocycles. The van der Waals surface area contributed by atoms with Gasteiger partial charge in [-0.2, -0.15) is 11.3 Å². The van der Waals surface area contributed by atoms with Gasteiger partial charge in [-0.25, -0.2) is 4.79 Å². The lowest BCUT2D eigenvalue weighted by Crippen LogP contribution is -2.44. The van der Waals surface area contributed by atoms with E-state index in [1.54, 1.807) is 15.9 Å². The second-order valence-electron chi connectivity index (χ2n) is 5.66. The molecule has 20 heavy (non-hydrogen) atoms. The van der Waals surface area contributed by atoms with Crippen molar-refractivity contribution in [1.29, 1.82) is 0 Å². The molecule has 0 unspecified atom stereocenters. The van der Waals surface area contributed by atoms with E-state index in [9.17, 15) is 4.79 Å². The van der Waals surface area contributed by atoms with Gasteiger partial charge in [0, 0.05) is 36.1 Å². The predicted molar refractivity (Wildman–Crippen MR) is 80.0 cm³/mol. The van der Waals surface area contributed by atoms with Gasteiger partial charge in [0.25, 0.3) is 0 Å². The second kappa shape index (κ2) is 4.75. The summed E-state index contributed by atoms with van der Waals surface area (Å²) in [4.78, 5) is 12.3. The highest BCUT2D eigenvalue weighted by molar-refractivity contribution is 7.08. The van der Waals surface area contributed by atoms with Gasteiger partial charge in [-0.15, -0.1) is 0 Å². The Kier molecular flexibility index (Phi) is 2.89. The van der Waals surface area contributed by atoms with Gasteiger partial charge in [0.05, 0.1) is 0 Å². The number of nitrogens with one attached hydrogen (secondary N) is 2. The molecule has 5 heteroatoms. The van der Waals surface area contributed by atoms with Crippen molar-refractivity contribution in [2.24, 2.45) is 0 Å². The molecule has 0 aliphatic carbocycles. The van der Waals surface area contributed by atoms with Gasteiger partial charge in [0.2, 0.25) is 0 Å². The first-order chi connectivity index (χ1) is 9.79. The Morgan fingerprint density at radius 2 is 2.30 bits per heavy atom. The summed E-state index contributed by atoms with van der Waals surface area (Å²) in [6.07, 6.45) is 7.24. The van der Waals surface area contributed by atoms with Crippen molar-refractivity contribution >= 4 is 17.4 Å². The van der Waals surface area contributed by atoms with E-state index in [4.69, 9.17) is 0 Å². The van der Waals surface area contributed by atoms with Crippen LogP contribution in [0, 0.1) is 0 Å². The molecule has 2 saturated heterocycles. The number of rotatable bonds is 2. The first-order valence-electron chi connectivity index (χ1n) is 7.07. The molecule has 3 atom stereocenters. The van der Waals surface area contributed by atoms with Gasteiger partial charge in [0.1, 0.15) is 0 Å². The fourth-order valence-corrected chi connectivity index (χ4v) is 4.00. The molecule has 2 aliphatic heterocycles. The minimum Gasteiger partial charge on any atom is -0.333 e. The molecule has 2 fully saturated rings. The molecular weight excluding hydrogens is 270 g/mol. The van der Waals surface area contributed by atoms with Gasteiger partial charge in [-0.3, -0.25) is 4.57 Å². The molecule has 2 aromatic rings. The number of carbonyl (C=O) groups is 1. The summed E-state index contributed by atoms with van der Waals surface area (Å²) in [5.74, 6) is 0. The van der Waals surface area contributed by atoms with E-state index in [0.29, 0.717) is 12.1 Å². The van der Waals surface area contributed by atoms with Crippen LogP contribution in [0.3, 0.4) is 0 Å². The minimum atomic E-state index is -0.0224. The quantitative estimate of drug-likeness (QED) is 0.892. The summed E-state index contributed by atoms with van der Waals surface area (Å²) in [6, 6.07) is 5.40. The fourth-order valence-electron chi connectivity index (χ4n) is 3.34. The Bertz CT molecular complexity index is 619. The molecule has 0 saturated carbocycles. The van der Waals surface area contributed by atoms with E-state index in [0.717, 1.165) is 12.0 Å². The summed E-state index contributed by atoms with van der Waals surface area (Å²) in [7, 11) is 0. The number of hydrogen-bond donors (Lipinski definition) is 2. The Morgan fingerprint density at radius 3 is 3.00 bits per heavy atom. The van der Waals surface area contributed by atoms with Gasteiger partial charge in [0.15, 0.2) is 0 Å². The van der Waals surface area contributed by atoms with Crippen LogP contribution in [0.2, 0.25) is 0 Å². The maximum Gasteiger partial charge on any atom is 0.325 e. The number of nitrogens with zero attached hydrogens (tertiary/aromatic N) is 1. The molecule has 1 amide bonds. The lowest BCUT2D eigenvalue weighted by Gasteiger charge is -2.21. The van der Waals surface area contributed by atoms with Crippen LogP contribution in [0.4, 0.5) is 4.79 Å². The lowest BCUT2D eigenvalue weighted by atomic mass is 9.96. The molecular formula is C15H17N3OS. The van der Waals surface area contributed by atoms with Crippen molar-refractivity contribution in [2.75, 3.05) is 0 Å². The van der Waals surface area contributed by atoms with Crippen molar-refractivity contribution in [1.82, 2.24) is 15.2 Å². The van der Waals surface area contributed by atoms with Gasteiger partial charge in [-0.05, 0) is 47.7 Å². The third-order valence-electron chi connectivity index (χ3n) is 4.39. The van der Waals surface area contributed by atoms with Gasteiger partial charge < -0.3 is 10.6 Å².